The Kier molecular flexibility index (Phi) is 3.26. The van der Waals surface area contributed by atoms with Crippen molar-refractivity contribution in [2.45, 2.75) is 32.3 Å². The molecule has 1 atom stereocenters. The molecule has 0 aromatic carbocycles. The van der Waals surface area contributed by atoms with E-state index in [1.807, 2.05) is 6.92 Å². The van der Waals surface area contributed by atoms with Crippen molar-refractivity contribution in [1.29, 1.82) is 0 Å². The highest BCUT2D eigenvalue weighted by molar-refractivity contribution is 5.98. The fraction of sp³-hybridized carbons (Fsp3) is 0.538. The van der Waals surface area contributed by atoms with Crippen LogP contribution >= 0.6 is 0 Å². The Labute approximate surface area is 107 Å². The molecule has 18 heavy (non-hydrogen) atoms. The SMILES string of the molecule is Cc1cc(N)c(C(=O)N2CCCC(C)(O)C2)cn1. The molecule has 2 rings (SSSR count). The number of amides is 1. The Hall–Kier alpha value is -1.62. The van der Waals surface area contributed by atoms with Crippen LogP contribution in [0.1, 0.15) is 35.8 Å². The molecule has 1 aromatic rings. The van der Waals surface area contributed by atoms with Gasteiger partial charge in [0.05, 0.1) is 11.2 Å². The van der Waals surface area contributed by atoms with Gasteiger partial charge in [0.25, 0.3) is 5.91 Å². The van der Waals surface area contributed by atoms with Crippen molar-refractivity contribution >= 4 is 11.6 Å². The van der Waals surface area contributed by atoms with Crippen LogP contribution in [0.4, 0.5) is 5.69 Å². The molecule has 5 nitrogen and oxygen atoms in total. The lowest BCUT2D eigenvalue weighted by Crippen LogP contribution is -2.48. The summed E-state index contributed by atoms with van der Waals surface area (Å²) in [5.41, 5.74) is 6.69. The van der Waals surface area contributed by atoms with Gasteiger partial charge in [0.15, 0.2) is 0 Å². The molecule has 1 saturated heterocycles. The molecule has 1 fully saturated rings. The molecule has 0 spiro atoms. The Morgan fingerprint density at radius 3 is 2.94 bits per heavy atom. The molecule has 3 N–H and O–H groups in total. The van der Waals surface area contributed by atoms with Crippen molar-refractivity contribution in [3.63, 3.8) is 0 Å². The molecule has 0 aliphatic carbocycles. The van der Waals surface area contributed by atoms with Gasteiger partial charge in [0.1, 0.15) is 0 Å². The van der Waals surface area contributed by atoms with E-state index in [-0.39, 0.29) is 5.91 Å². The molecule has 0 saturated carbocycles. The first kappa shape index (κ1) is 12.8. The number of aryl methyl sites for hydroxylation is 1. The number of piperidine rings is 1. The van der Waals surface area contributed by atoms with Gasteiger partial charge in [-0.15, -0.1) is 0 Å². The summed E-state index contributed by atoms with van der Waals surface area (Å²) in [7, 11) is 0. The van der Waals surface area contributed by atoms with Crippen LogP contribution in [-0.4, -0.2) is 39.6 Å². The monoisotopic (exact) mass is 249 g/mol. The van der Waals surface area contributed by atoms with E-state index in [1.165, 1.54) is 6.20 Å². The molecule has 5 heteroatoms. The number of pyridine rings is 1. The van der Waals surface area contributed by atoms with E-state index in [9.17, 15) is 9.90 Å². The van der Waals surface area contributed by atoms with Gasteiger partial charge in [0.2, 0.25) is 0 Å². The highest BCUT2D eigenvalue weighted by Crippen LogP contribution is 2.23. The summed E-state index contributed by atoms with van der Waals surface area (Å²) in [6.07, 6.45) is 3.03. The first-order chi connectivity index (χ1) is 8.39. The van der Waals surface area contributed by atoms with Crippen molar-refractivity contribution in [3.8, 4) is 0 Å². The van der Waals surface area contributed by atoms with Crippen LogP contribution in [0, 0.1) is 6.92 Å². The van der Waals surface area contributed by atoms with E-state index in [0.29, 0.717) is 24.3 Å². The van der Waals surface area contributed by atoms with E-state index in [1.54, 1.807) is 17.9 Å². The van der Waals surface area contributed by atoms with Crippen molar-refractivity contribution < 1.29 is 9.90 Å². The van der Waals surface area contributed by atoms with Gasteiger partial charge < -0.3 is 15.7 Å². The third-order valence-electron chi connectivity index (χ3n) is 3.27. The minimum absolute atomic E-state index is 0.153. The Morgan fingerprint density at radius 1 is 1.61 bits per heavy atom. The molecule has 0 bridgehead atoms. The highest BCUT2D eigenvalue weighted by Gasteiger charge is 2.31. The number of hydrogen-bond donors (Lipinski definition) is 2. The van der Waals surface area contributed by atoms with Gasteiger partial charge in [0, 0.05) is 30.7 Å². The molecule has 1 aliphatic heterocycles. The number of hydrogen-bond acceptors (Lipinski definition) is 4. The number of nitrogen functional groups attached to an aromatic ring is 1. The zero-order valence-electron chi connectivity index (χ0n) is 10.8. The fourth-order valence-electron chi connectivity index (χ4n) is 2.32. The van der Waals surface area contributed by atoms with Gasteiger partial charge in [-0.05, 0) is 32.8 Å². The van der Waals surface area contributed by atoms with E-state index in [2.05, 4.69) is 4.98 Å². The number of nitrogens with zero attached hydrogens (tertiary/aromatic N) is 2. The number of nitrogens with two attached hydrogens (primary N) is 1. The first-order valence-electron chi connectivity index (χ1n) is 6.13. The topological polar surface area (TPSA) is 79.5 Å². The highest BCUT2D eigenvalue weighted by atomic mass is 16.3. The molecule has 0 radical (unpaired) electrons. The van der Waals surface area contributed by atoms with Gasteiger partial charge in [-0.2, -0.15) is 0 Å². The summed E-state index contributed by atoms with van der Waals surface area (Å²) in [4.78, 5) is 18.1. The van der Waals surface area contributed by atoms with Gasteiger partial charge in [-0.1, -0.05) is 0 Å². The molecule has 2 heterocycles. The molecule has 1 amide bonds. The Balaban J connectivity index is 2.20. The van der Waals surface area contributed by atoms with Gasteiger partial charge >= 0.3 is 0 Å². The number of rotatable bonds is 1. The van der Waals surface area contributed by atoms with E-state index in [4.69, 9.17) is 5.73 Å². The van der Waals surface area contributed by atoms with Crippen molar-refractivity contribution in [2.75, 3.05) is 18.8 Å². The number of aliphatic hydroxyl groups is 1. The number of aromatic nitrogens is 1. The number of likely N-dealkylation sites (tertiary alicyclic amines) is 1. The standard InChI is InChI=1S/C13H19N3O2/c1-9-6-11(14)10(7-15-9)12(17)16-5-3-4-13(2,18)8-16/h6-7,18H,3-5,8H2,1-2H3,(H2,14,15). The minimum atomic E-state index is -0.805. The third-order valence-corrected chi connectivity index (χ3v) is 3.27. The lowest BCUT2D eigenvalue weighted by Gasteiger charge is -2.36. The minimum Gasteiger partial charge on any atom is -0.398 e. The summed E-state index contributed by atoms with van der Waals surface area (Å²) >= 11 is 0. The summed E-state index contributed by atoms with van der Waals surface area (Å²) in [5, 5.41) is 10.0. The lowest BCUT2D eigenvalue weighted by molar-refractivity contribution is -0.0107. The smallest absolute Gasteiger partial charge is 0.257 e. The number of anilines is 1. The van der Waals surface area contributed by atoms with Crippen molar-refractivity contribution in [3.05, 3.63) is 23.5 Å². The molecule has 1 aromatic heterocycles. The summed E-state index contributed by atoms with van der Waals surface area (Å²) in [6, 6.07) is 1.69. The maximum absolute atomic E-state index is 12.3. The maximum Gasteiger partial charge on any atom is 0.257 e. The predicted octanol–water partition coefficient (Wildman–Crippen LogP) is 0.959. The summed E-state index contributed by atoms with van der Waals surface area (Å²) in [5.74, 6) is -0.153. The largest absolute Gasteiger partial charge is 0.398 e. The third kappa shape index (κ3) is 2.61. The average molecular weight is 249 g/mol. The van der Waals surface area contributed by atoms with E-state index >= 15 is 0 Å². The van der Waals surface area contributed by atoms with Crippen LogP contribution in [0.15, 0.2) is 12.3 Å². The molecular weight excluding hydrogens is 230 g/mol. The Morgan fingerprint density at radius 2 is 2.33 bits per heavy atom. The zero-order chi connectivity index (χ0) is 13.3. The van der Waals surface area contributed by atoms with Crippen LogP contribution in [0.5, 0.6) is 0 Å². The van der Waals surface area contributed by atoms with Crippen LogP contribution in [-0.2, 0) is 0 Å². The first-order valence-corrected chi connectivity index (χ1v) is 6.13. The van der Waals surface area contributed by atoms with Crippen molar-refractivity contribution in [2.24, 2.45) is 0 Å². The second-order valence-corrected chi connectivity index (χ2v) is 5.24. The molecule has 1 aliphatic rings. The molecule has 98 valence electrons. The normalized spacial score (nSPS) is 24.1. The van der Waals surface area contributed by atoms with Crippen molar-refractivity contribution in [1.82, 2.24) is 9.88 Å². The second-order valence-electron chi connectivity index (χ2n) is 5.24. The number of carbonyl (C=O) groups is 1. The van der Waals surface area contributed by atoms with Crippen LogP contribution in [0.2, 0.25) is 0 Å². The van der Waals surface area contributed by atoms with E-state index in [0.717, 1.165) is 18.5 Å². The quantitative estimate of drug-likeness (QED) is 0.777. The zero-order valence-corrected chi connectivity index (χ0v) is 10.8. The summed E-state index contributed by atoms with van der Waals surface area (Å²) < 4.78 is 0. The van der Waals surface area contributed by atoms with Gasteiger partial charge in [-0.3, -0.25) is 9.78 Å². The van der Waals surface area contributed by atoms with Crippen LogP contribution < -0.4 is 5.73 Å². The number of β-amino-alcohol motifs (C(OH)–C–C–N with tert-alkyl or cyclic N) is 1. The fourth-order valence-corrected chi connectivity index (χ4v) is 2.32. The van der Waals surface area contributed by atoms with Gasteiger partial charge in [-0.25, -0.2) is 0 Å². The lowest BCUT2D eigenvalue weighted by atomic mass is 9.94. The maximum atomic E-state index is 12.3. The second kappa shape index (κ2) is 4.57. The molecular formula is C13H19N3O2. The van der Waals surface area contributed by atoms with Crippen LogP contribution in [0.25, 0.3) is 0 Å². The number of carbonyl (C=O) groups excluding carboxylic acids is 1. The average Bonchev–Trinajstić information content (AvgIpc) is 2.27. The summed E-state index contributed by atoms with van der Waals surface area (Å²) in [6.45, 7) is 4.58. The predicted molar refractivity (Wildman–Crippen MR) is 69.1 cm³/mol. The molecule has 1 unspecified atom stereocenters. The van der Waals surface area contributed by atoms with E-state index < -0.39 is 5.60 Å². The Bertz CT molecular complexity index is 471. The van der Waals surface area contributed by atoms with Crippen LogP contribution in [0.3, 0.4) is 0 Å².